The highest BCUT2D eigenvalue weighted by atomic mass is 32.2. The lowest BCUT2D eigenvalue weighted by atomic mass is 9.87. The van der Waals surface area contributed by atoms with Gasteiger partial charge in [0.25, 0.3) is 0 Å². The van der Waals surface area contributed by atoms with Crippen LogP contribution in [-0.4, -0.2) is 33.6 Å². The molecule has 2 rings (SSSR count). The van der Waals surface area contributed by atoms with Crippen LogP contribution in [0, 0.1) is 0 Å². The smallest absolute Gasteiger partial charge is 0.209 e. The monoisotopic (exact) mass is 297 g/mol. The van der Waals surface area contributed by atoms with Crippen molar-refractivity contribution in [2.75, 3.05) is 20.2 Å². The summed E-state index contributed by atoms with van der Waals surface area (Å²) in [4.78, 5) is -0.799. The molecule has 0 amide bonds. The van der Waals surface area contributed by atoms with Gasteiger partial charge in [0.1, 0.15) is 0 Å². The highest BCUT2D eigenvalue weighted by Crippen LogP contribution is 2.33. The summed E-state index contributed by atoms with van der Waals surface area (Å²) in [6.45, 7) is 7.32. The van der Waals surface area contributed by atoms with Gasteiger partial charge in [-0.1, -0.05) is 32.9 Å². The highest BCUT2D eigenvalue weighted by Gasteiger charge is 2.47. The fourth-order valence-electron chi connectivity index (χ4n) is 2.51. The number of methoxy groups -OCH3 is 1. The number of nitrogens with one attached hydrogen (secondary N) is 1. The third kappa shape index (κ3) is 2.50. The standard InChI is InChI=1S/C15H23NO3S/c1-14(2,3)12-5-7-13(8-6-12)20(17,18)15(19-4)9-10-16-11-15/h5-8,16H,9-11H2,1-4H3. The van der Waals surface area contributed by atoms with E-state index in [2.05, 4.69) is 26.1 Å². The zero-order valence-corrected chi connectivity index (χ0v) is 13.4. The van der Waals surface area contributed by atoms with E-state index in [1.54, 1.807) is 12.1 Å². The first-order valence-electron chi connectivity index (χ1n) is 6.84. The van der Waals surface area contributed by atoms with Gasteiger partial charge in [0.2, 0.25) is 9.84 Å². The molecule has 20 heavy (non-hydrogen) atoms. The Hall–Kier alpha value is -0.910. The molecule has 1 N–H and O–H groups in total. The predicted octanol–water partition coefficient (Wildman–Crippen LogP) is 2.09. The molecule has 0 bridgehead atoms. The number of sulfone groups is 1. The Labute approximate surface area is 121 Å². The molecule has 4 nitrogen and oxygen atoms in total. The van der Waals surface area contributed by atoms with Crippen molar-refractivity contribution in [1.82, 2.24) is 5.32 Å². The fraction of sp³-hybridized carbons (Fsp3) is 0.600. The normalized spacial score (nSPS) is 24.0. The van der Waals surface area contributed by atoms with Crippen molar-refractivity contribution < 1.29 is 13.2 Å². The van der Waals surface area contributed by atoms with E-state index in [-0.39, 0.29) is 5.41 Å². The third-order valence-corrected chi connectivity index (χ3v) is 6.36. The Bertz CT molecular complexity index is 564. The second kappa shape index (κ2) is 5.13. The first kappa shape index (κ1) is 15.5. The maximum absolute atomic E-state index is 12.8. The van der Waals surface area contributed by atoms with Gasteiger partial charge in [-0.25, -0.2) is 8.42 Å². The van der Waals surface area contributed by atoms with Gasteiger partial charge in [0.05, 0.1) is 4.90 Å². The van der Waals surface area contributed by atoms with Crippen molar-refractivity contribution in [3.8, 4) is 0 Å². The maximum atomic E-state index is 12.8. The van der Waals surface area contributed by atoms with Crippen LogP contribution < -0.4 is 5.32 Å². The predicted molar refractivity (Wildman–Crippen MR) is 79.6 cm³/mol. The van der Waals surface area contributed by atoms with E-state index in [0.29, 0.717) is 24.4 Å². The SMILES string of the molecule is COC1(S(=O)(=O)c2ccc(C(C)(C)C)cc2)CCNC1. The summed E-state index contributed by atoms with van der Waals surface area (Å²) in [6.07, 6.45) is 0.479. The van der Waals surface area contributed by atoms with E-state index in [1.165, 1.54) is 7.11 Å². The van der Waals surface area contributed by atoms with Crippen LogP contribution in [-0.2, 0) is 20.0 Å². The molecule has 0 saturated carbocycles. The Balaban J connectivity index is 2.40. The molecule has 1 atom stereocenters. The Morgan fingerprint density at radius 3 is 2.20 bits per heavy atom. The van der Waals surface area contributed by atoms with Crippen LogP contribution in [0.1, 0.15) is 32.8 Å². The van der Waals surface area contributed by atoms with Gasteiger partial charge in [0, 0.05) is 20.1 Å². The van der Waals surface area contributed by atoms with Gasteiger partial charge in [-0.2, -0.15) is 0 Å². The van der Waals surface area contributed by atoms with Crippen LogP contribution in [0.25, 0.3) is 0 Å². The molecule has 1 aliphatic rings. The summed E-state index contributed by atoms with van der Waals surface area (Å²) in [7, 11) is -2.03. The molecule has 5 heteroatoms. The Morgan fingerprint density at radius 2 is 1.80 bits per heavy atom. The molecule has 0 aromatic heterocycles. The molecule has 0 aliphatic carbocycles. The number of hydrogen-bond acceptors (Lipinski definition) is 4. The number of rotatable bonds is 3. The van der Waals surface area contributed by atoms with Crippen LogP contribution in [0.4, 0.5) is 0 Å². The molecule has 1 fully saturated rings. The first-order chi connectivity index (χ1) is 9.23. The van der Waals surface area contributed by atoms with Gasteiger partial charge < -0.3 is 10.1 Å². The molecule has 1 heterocycles. The largest absolute Gasteiger partial charge is 0.361 e. The molecule has 1 saturated heterocycles. The summed E-state index contributed by atoms with van der Waals surface area (Å²) in [5, 5.41) is 3.07. The lowest BCUT2D eigenvalue weighted by molar-refractivity contribution is 0.0783. The second-order valence-corrected chi connectivity index (χ2v) is 8.54. The number of ether oxygens (including phenoxy) is 1. The molecule has 1 aromatic rings. The average Bonchev–Trinajstić information content (AvgIpc) is 2.88. The van der Waals surface area contributed by atoms with Gasteiger partial charge in [-0.15, -0.1) is 0 Å². The molecule has 1 aliphatic heterocycles. The van der Waals surface area contributed by atoms with E-state index < -0.39 is 14.8 Å². The van der Waals surface area contributed by atoms with E-state index in [9.17, 15) is 8.42 Å². The molecule has 0 radical (unpaired) electrons. The minimum Gasteiger partial charge on any atom is -0.361 e. The number of hydrogen-bond donors (Lipinski definition) is 1. The van der Waals surface area contributed by atoms with Gasteiger partial charge in [-0.05, 0) is 29.7 Å². The Kier molecular flexibility index (Phi) is 3.97. The summed E-state index contributed by atoms with van der Waals surface area (Å²) >= 11 is 0. The van der Waals surface area contributed by atoms with E-state index in [4.69, 9.17) is 4.74 Å². The zero-order chi connectivity index (χ0) is 15.0. The zero-order valence-electron chi connectivity index (χ0n) is 12.6. The van der Waals surface area contributed by atoms with Crippen LogP contribution in [0.5, 0.6) is 0 Å². The Morgan fingerprint density at radius 1 is 1.20 bits per heavy atom. The first-order valence-corrected chi connectivity index (χ1v) is 8.32. The van der Waals surface area contributed by atoms with Crippen molar-refractivity contribution in [3.05, 3.63) is 29.8 Å². The van der Waals surface area contributed by atoms with E-state index >= 15 is 0 Å². The summed E-state index contributed by atoms with van der Waals surface area (Å²) in [5.74, 6) is 0. The topological polar surface area (TPSA) is 55.4 Å². The van der Waals surface area contributed by atoms with Crippen molar-refractivity contribution >= 4 is 9.84 Å². The lowest BCUT2D eigenvalue weighted by Crippen LogP contribution is -2.42. The van der Waals surface area contributed by atoms with Crippen LogP contribution >= 0.6 is 0 Å². The van der Waals surface area contributed by atoms with Gasteiger partial charge in [-0.3, -0.25) is 0 Å². The summed E-state index contributed by atoms with van der Waals surface area (Å²) in [5.41, 5.74) is 1.13. The van der Waals surface area contributed by atoms with Crippen LogP contribution in [0.2, 0.25) is 0 Å². The van der Waals surface area contributed by atoms with Crippen molar-refractivity contribution in [2.45, 2.75) is 42.4 Å². The lowest BCUT2D eigenvalue weighted by Gasteiger charge is -2.27. The quantitative estimate of drug-likeness (QED) is 0.928. The van der Waals surface area contributed by atoms with Crippen molar-refractivity contribution in [1.29, 1.82) is 0 Å². The highest BCUT2D eigenvalue weighted by molar-refractivity contribution is 7.92. The average molecular weight is 297 g/mol. The van der Waals surface area contributed by atoms with E-state index in [0.717, 1.165) is 5.56 Å². The van der Waals surface area contributed by atoms with E-state index in [1.807, 2.05) is 12.1 Å². The fourth-order valence-corrected chi connectivity index (χ4v) is 4.31. The maximum Gasteiger partial charge on any atom is 0.209 e. The second-order valence-electron chi connectivity index (χ2n) is 6.32. The van der Waals surface area contributed by atoms with Gasteiger partial charge >= 0.3 is 0 Å². The molecule has 1 unspecified atom stereocenters. The van der Waals surface area contributed by atoms with Crippen molar-refractivity contribution in [3.63, 3.8) is 0 Å². The third-order valence-electron chi connectivity index (χ3n) is 3.97. The van der Waals surface area contributed by atoms with Crippen molar-refractivity contribution in [2.24, 2.45) is 0 Å². The molecule has 112 valence electrons. The molecular weight excluding hydrogens is 274 g/mol. The van der Waals surface area contributed by atoms with Crippen LogP contribution in [0.3, 0.4) is 0 Å². The summed E-state index contributed by atoms with van der Waals surface area (Å²) < 4.78 is 30.9. The molecule has 0 spiro atoms. The minimum absolute atomic E-state index is 0.0101. The summed E-state index contributed by atoms with van der Waals surface area (Å²) in [6, 6.07) is 7.15. The number of benzene rings is 1. The van der Waals surface area contributed by atoms with Gasteiger partial charge in [0.15, 0.2) is 4.93 Å². The van der Waals surface area contributed by atoms with Crippen LogP contribution in [0.15, 0.2) is 29.2 Å². The minimum atomic E-state index is -3.50. The molecular formula is C15H23NO3S. The molecule has 1 aromatic carbocycles.